The van der Waals surface area contributed by atoms with Crippen LogP contribution in [-0.2, 0) is 13.0 Å². The molecule has 0 fully saturated rings. The highest BCUT2D eigenvalue weighted by Crippen LogP contribution is 2.29. The number of aromatic amines is 1. The van der Waals surface area contributed by atoms with Crippen molar-refractivity contribution in [2.24, 2.45) is 0 Å². The van der Waals surface area contributed by atoms with Crippen LogP contribution in [-0.4, -0.2) is 49.7 Å². The molecule has 3 N–H and O–H groups in total. The molecule has 0 unspecified atom stereocenters. The molecule has 10 heteroatoms. The van der Waals surface area contributed by atoms with E-state index in [0.29, 0.717) is 21.7 Å². The quantitative estimate of drug-likeness (QED) is 0.300. The van der Waals surface area contributed by atoms with Gasteiger partial charge in [0.25, 0.3) is 11.8 Å². The molecule has 0 saturated carbocycles. The van der Waals surface area contributed by atoms with Gasteiger partial charge >= 0.3 is 0 Å². The van der Waals surface area contributed by atoms with Gasteiger partial charge in [-0.25, -0.2) is 9.97 Å². The Morgan fingerprint density at radius 3 is 2.78 bits per heavy atom. The summed E-state index contributed by atoms with van der Waals surface area (Å²) in [6.45, 7) is 5.12. The van der Waals surface area contributed by atoms with Crippen LogP contribution in [0, 0.1) is 0 Å². The first-order valence-electron chi connectivity index (χ1n) is 12.2. The number of carbonyl (C=O) groups is 2. The lowest BCUT2D eigenvalue weighted by Gasteiger charge is -2.24. The molecule has 2 amide bonds. The van der Waals surface area contributed by atoms with Gasteiger partial charge in [-0.2, -0.15) is 0 Å². The second kappa shape index (κ2) is 9.72. The summed E-state index contributed by atoms with van der Waals surface area (Å²) < 4.78 is 0. The Kier molecular flexibility index (Phi) is 6.11. The molecular formula is C27H25N7O2S. The van der Waals surface area contributed by atoms with E-state index in [-0.39, 0.29) is 23.5 Å². The van der Waals surface area contributed by atoms with E-state index in [1.54, 1.807) is 24.4 Å². The number of pyridine rings is 1. The summed E-state index contributed by atoms with van der Waals surface area (Å²) in [5.41, 5.74) is 2.86. The highest BCUT2D eigenvalue weighted by molar-refractivity contribution is 7.15. The predicted molar refractivity (Wildman–Crippen MR) is 145 cm³/mol. The van der Waals surface area contributed by atoms with Crippen molar-refractivity contribution in [1.29, 1.82) is 0 Å². The predicted octanol–water partition coefficient (Wildman–Crippen LogP) is 4.84. The van der Waals surface area contributed by atoms with Crippen molar-refractivity contribution in [1.82, 2.24) is 24.8 Å². The summed E-state index contributed by atoms with van der Waals surface area (Å²) in [7, 11) is 0. The maximum atomic E-state index is 13.2. The third-order valence-corrected chi connectivity index (χ3v) is 7.42. The van der Waals surface area contributed by atoms with E-state index in [1.807, 2.05) is 30.3 Å². The van der Waals surface area contributed by atoms with Crippen LogP contribution in [0.15, 0.2) is 54.7 Å². The van der Waals surface area contributed by atoms with Crippen molar-refractivity contribution in [3.63, 3.8) is 0 Å². The molecular weight excluding hydrogens is 486 g/mol. The SMILES string of the molecule is CCCN1CCc2nc(NC(=O)c3cccc4[nH]c(NC(=O)c5cc6ccccc6cn5)nc34)sc2C1. The molecule has 0 aliphatic carbocycles. The number of anilines is 2. The van der Waals surface area contributed by atoms with E-state index in [1.165, 1.54) is 16.2 Å². The zero-order chi connectivity index (χ0) is 25.4. The summed E-state index contributed by atoms with van der Waals surface area (Å²) >= 11 is 1.53. The van der Waals surface area contributed by atoms with Gasteiger partial charge in [0.05, 0.1) is 16.8 Å². The molecule has 3 aromatic heterocycles. The molecule has 186 valence electrons. The van der Waals surface area contributed by atoms with Crippen LogP contribution in [0.2, 0.25) is 0 Å². The smallest absolute Gasteiger partial charge is 0.276 e. The van der Waals surface area contributed by atoms with Crippen molar-refractivity contribution in [3.05, 3.63) is 76.6 Å². The number of benzene rings is 2. The van der Waals surface area contributed by atoms with Crippen LogP contribution >= 0.6 is 11.3 Å². The molecule has 0 bridgehead atoms. The van der Waals surface area contributed by atoms with Gasteiger partial charge in [0, 0.05) is 36.0 Å². The molecule has 37 heavy (non-hydrogen) atoms. The minimum atomic E-state index is -0.388. The number of imidazole rings is 1. The largest absolute Gasteiger partial charge is 0.324 e. The molecule has 0 spiro atoms. The lowest BCUT2D eigenvalue weighted by Crippen LogP contribution is -2.30. The number of thiazole rings is 1. The van der Waals surface area contributed by atoms with E-state index in [2.05, 4.69) is 42.4 Å². The average molecular weight is 512 g/mol. The van der Waals surface area contributed by atoms with Crippen molar-refractivity contribution in [2.75, 3.05) is 23.7 Å². The van der Waals surface area contributed by atoms with Gasteiger partial charge in [-0.05, 0) is 36.6 Å². The van der Waals surface area contributed by atoms with Crippen molar-refractivity contribution >= 4 is 56.0 Å². The number of hydrogen-bond acceptors (Lipinski definition) is 7. The fraction of sp³-hybridized carbons (Fsp3) is 0.222. The summed E-state index contributed by atoms with van der Waals surface area (Å²) in [5.74, 6) is -0.431. The van der Waals surface area contributed by atoms with E-state index in [4.69, 9.17) is 0 Å². The third-order valence-electron chi connectivity index (χ3n) is 6.42. The number of nitrogens with zero attached hydrogens (tertiary/aromatic N) is 4. The van der Waals surface area contributed by atoms with Crippen molar-refractivity contribution in [3.8, 4) is 0 Å². The fourth-order valence-electron chi connectivity index (χ4n) is 4.63. The molecule has 6 rings (SSSR count). The number of aromatic nitrogens is 4. The minimum absolute atomic E-state index is 0.246. The Morgan fingerprint density at radius 1 is 1.05 bits per heavy atom. The first kappa shape index (κ1) is 23.3. The van der Waals surface area contributed by atoms with Gasteiger partial charge in [-0.1, -0.05) is 37.3 Å². The van der Waals surface area contributed by atoms with E-state index in [9.17, 15) is 9.59 Å². The van der Waals surface area contributed by atoms with Crippen LogP contribution in [0.25, 0.3) is 21.8 Å². The van der Waals surface area contributed by atoms with Gasteiger partial charge in [0.15, 0.2) is 5.13 Å². The lowest BCUT2D eigenvalue weighted by atomic mass is 10.1. The summed E-state index contributed by atoms with van der Waals surface area (Å²) in [6.07, 6.45) is 3.68. The molecule has 0 radical (unpaired) electrons. The fourth-order valence-corrected chi connectivity index (χ4v) is 5.67. The normalized spacial score (nSPS) is 13.5. The number of hydrogen-bond donors (Lipinski definition) is 3. The highest BCUT2D eigenvalue weighted by atomic mass is 32.1. The molecule has 4 heterocycles. The Labute approximate surface area is 217 Å². The maximum Gasteiger partial charge on any atom is 0.276 e. The Bertz CT molecular complexity index is 1640. The number of fused-ring (bicyclic) bond motifs is 3. The number of carbonyl (C=O) groups excluding carboxylic acids is 2. The van der Waals surface area contributed by atoms with Crippen LogP contribution < -0.4 is 10.6 Å². The molecule has 0 atom stereocenters. The van der Waals surface area contributed by atoms with Gasteiger partial charge in [-0.15, -0.1) is 11.3 Å². The molecule has 9 nitrogen and oxygen atoms in total. The van der Waals surface area contributed by atoms with Crippen molar-refractivity contribution in [2.45, 2.75) is 26.3 Å². The monoisotopic (exact) mass is 511 g/mol. The molecule has 2 aromatic carbocycles. The molecule has 1 aliphatic rings. The lowest BCUT2D eigenvalue weighted by molar-refractivity contribution is 0.101. The number of amides is 2. The Balaban J connectivity index is 1.20. The maximum absolute atomic E-state index is 13.2. The average Bonchev–Trinajstić information content (AvgIpc) is 3.50. The van der Waals surface area contributed by atoms with E-state index in [0.717, 1.165) is 48.9 Å². The first-order chi connectivity index (χ1) is 18.1. The van der Waals surface area contributed by atoms with Gasteiger partial charge < -0.3 is 4.98 Å². The standard InChI is InChI=1S/C27H25N7O2S/c1-2-11-34-12-10-19-22(15-34)37-27(30-19)33-24(35)18-8-5-9-20-23(18)31-26(29-20)32-25(36)21-13-16-6-3-4-7-17(16)14-28-21/h3-9,13-14H,2,10-12,15H2,1H3,(H,30,33,35)(H2,29,31,32,36). The number of H-pyrrole nitrogens is 1. The zero-order valence-electron chi connectivity index (χ0n) is 20.2. The summed E-state index contributed by atoms with van der Waals surface area (Å²) in [5, 5.41) is 8.18. The first-order valence-corrected chi connectivity index (χ1v) is 13.1. The second-order valence-electron chi connectivity index (χ2n) is 9.03. The Morgan fingerprint density at radius 2 is 1.92 bits per heavy atom. The summed E-state index contributed by atoms with van der Waals surface area (Å²) in [4.78, 5) is 46.1. The summed E-state index contributed by atoms with van der Waals surface area (Å²) in [6, 6.07) is 14.8. The second-order valence-corrected chi connectivity index (χ2v) is 10.1. The molecule has 1 aliphatic heterocycles. The number of para-hydroxylation sites is 1. The zero-order valence-corrected chi connectivity index (χ0v) is 21.1. The van der Waals surface area contributed by atoms with Crippen LogP contribution in [0.1, 0.15) is 44.8 Å². The van der Waals surface area contributed by atoms with Gasteiger partial charge in [0.1, 0.15) is 11.2 Å². The topological polar surface area (TPSA) is 116 Å². The van der Waals surface area contributed by atoms with Crippen LogP contribution in [0.4, 0.5) is 11.1 Å². The third kappa shape index (κ3) is 4.68. The van der Waals surface area contributed by atoms with Gasteiger partial charge in [0.2, 0.25) is 5.95 Å². The minimum Gasteiger partial charge on any atom is -0.324 e. The molecule has 0 saturated heterocycles. The molecule has 5 aromatic rings. The van der Waals surface area contributed by atoms with Gasteiger partial charge in [-0.3, -0.25) is 30.1 Å². The van der Waals surface area contributed by atoms with E-state index >= 15 is 0 Å². The van der Waals surface area contributed by atoms with Crippen LogP contribution in [0.3, 0.4) is 0 Å². The van der Waals surface area contributed by atoms with Crippen LogP contribution in [0.5, 0.6) is 0 Å². The highest BCUT2D eigenvalue weighted by Gasteiger charge is 2.22. The van der Waals surface area contributed by atoms with Crippen molar-refractivity contribution < 1.29 is 9.59 Å². The number of nitrogens with one attached hydrogen (secondary N) is 3. The Hall–Kier alpha value is -4.15. The van der Waals surface area contributed by atoms with E-state index < -0.39 is 0 Å². The number of rotatable bonds is 6.